The fourth-order valence-electron chi connectivity index (χ4n) is 2.41. The third-order valence-corrected chi connectivity index (χ3v) is 3.67. The number of hydrogen-bond donors (Lipinski definition) is 2. The molecule has 3 amide bonds. The van der Waals surface area contributed by atoms with Crippen molar-refractivity contribution < 1.29 is 37.1 Å². The van der Waals surface area contributed by atoms with Crippen LogP contribution in [0, 0.1) is 5.92 Å². The Morgan fingerprint density at radius 3 is 2.59 bits per heavy atom. The van der Waals surface area contributed by atoms with Gasteiger partial charge in [0.25, 0.3) is 5.91 Å². The number of carbonyl (C=O) groups excluding carboxylic acids is 4. The largest absolute Gasteiger partial charge is 0.455 e. The van der Waals surface area contributed by atoms with Gasteiger partial charge in [-0.15, -0.1) is 0 Å². The number of nitrogens with zero attached hydrogens (tertiary/aromatic N) is 1. The number of hydrogen-bond acceptors (Lipinski definition) is 5. The second-order valence-electron chi connectivity index (χ2n) is 5.79. The van der Waals surface area contributed by atoms with Gasteiger partial charge in [-0.25, -0.2) is 0 Å². The molecule has 1 aliphatic heterocycles. The minimum Gasteiger partial charge on any atom is -0.455 e. The van der Waals surface area contributed by atoms with E-state index in [0.29, 0.717) is 0 Å². The van der Waals surface area contributed by atoms with Crippen LogP contribution in [0.15, 0.2) is 24.3 Å². The number of ether oxygens (including phenoxy) is 1. The highest BCUT2D eigenvalue weighted by Gasteiger charge is 2.37. The van der Waals surface area contributed by atoms with Crippen LogP contribution in [0.4, 0.5) is 18.9 Å². The number of halogens is 3. The lowest BCUT2D eigenvalue weighted by Gasteiger charge is -2.18. The molecule has 1 saturated heterocycles. The Labute approximate surface area is 151 Å². The van der Waals surface area contributed by atoms with Gasteiger partial charge in [-0.3, -0.25) is 30.0 Å². The van der Waals surface area contributed by atoms with E-state index in [2.05, 4.69) is 0 Å². The standard InChI is InChI=1S/C16H16F3N3O5/c1-9(23)20-21-13(24)8-27-15(26)10-5-14(25)22(7-10)12-4-2-3-11(6-12)16(17,18)19/h2-4,6,10H,5,7-8H2,1H3,(H,20,23)(H,21,24)/t10-/m0/s1. The summed E-state index contributed by atoms with van der Waals surface area (Å²) in [7, 11) is 0. The second-order valence-corrected chi connectivity index (χ2v) is 5.79. The quantitative estimate of drug-likeness (QED) is 0.587. The average molecular weight is 387 g/mol. The third kappa shape index (κ3) is 5.43. The molecule has 0 radical (unpaired) electrons. The Kier molecular flexibility index (Phi) is 6.03. The SMILES string of the molecule is CC(=O)NNC(=O)COC(=O)[C@H]1CC(=O)N(c2cccc(C(F)(F)F)c2)C1. The zero-order valence-corrected chi connectivity index (χ0v) is 14.1. The summed E-state index contributed by atoms with van der Waals surface area (Å²) in [5.74, 6) is -3.58. The normalized spacial score (nSPS) is 16.8. The van der Waals surface area contributed by atoms with Crippen LogP contribution in [-0.4, -0.2) is 36.8 Å². The molecule has 1 fully saturated rings. The summed E-state index contributed by atoms with van der Waals surface area (Å²) in [6.07, 6.45) is -4.80. The van der Waals surface area contributed by atoms with Gasteiger partial charge in [-0.05, 0) is 18.2 Å². The minimum absolute atomic E-state index is 0.0218. The van der Waals surface area contributed by atoms with Crippen molar-refractivity contribution in [2.75, 3.05) is 18.1 Å². The highest BCUT2D eigenvalue weighted by atomic mass is 19.4. The van der Waals surface area contributed by atoms with Gasteiger partial charge in [0.15, 0.2) is 6.61 Å². The number of alkyl halides is 3. The first-order valence-corrected chi connectivity index (χ1v) is 7.77. The molecule has 1 aromatic rings. The van der Waals surface area contributed by atoms with E-state index in [1.54, 1.807) is 0 Å². The van der Waals surface area contributed by atoms with E-state index in [1.807, 2.05) is 10.9 Å². The summed E-state index contributed by atoms with van der Waals surface area (Å²) in [5, 5.41) is 0. The molecular weight excluding hydrogens is 371 g/mol. The minimum atomic E-state index is -4.56. The summed E-state index contributed by atoms with van der Waals surface area (Å²) < 4.78 is 43.2. The molecule has 0 saturated carbocycles. The molecule has 0 bridgehead atoms. The van der Waals surface area contributed by atoms with Crippen molar-refractivity contribution in [1.29, 1.82) is 0 Å². The Bertz CT molecular complexity index is 766. The van der Waals surface area contributed by atoms with Gasteiger partial charge in [0, 0.05) is 25.6 Å². The van der Waals surface area contributed by atoms with Crippen LogP contribution in [0.3, 0.4) is 0 Å². The van der Waals surface area contributed by atoms with Crippen molar-refractivity contribution in [3.63, 3.8) is 0 Å². The molecule has 146 valence electrons. The lowest BCUT2D eigenvalue weighted by Crippen LogP contribution is -2.42. The molecule has 0 spiro atoms. The Morgan fingerprint density at radius 1 is 1.26 bits per heavy atom. The Hall–Kier alpha value is -3.11. The number of nitrogens with one attached hydrogen (secondary N) is 2. The van der Waals surface area contributed by atoms with Crippen molar-refractivity contribution in [3.8, 4) is 0 Å². The molecular formula is C16H16F3N3O5. The number of anilines is 1. The van der Waals surface area contributed by atoms with Crippen LogP contribution < -0.4 is 15.8 Å². The smallest absolute Gasteiger partial charge is 0.416 e. The molecule has 1 atom stereocenters. The van der Waals surface area contributed by atoms with E-state index in [1.165, 1.54) is 19.1 Å². The fourth-order valence-corrected chi connectivity index (χ4v) is 2.41. The first-order valence-electron chi connectivity index (χ1n) is 7.77. The maximum Gasteiger partial charge on any atom is 0.416 e. The molecule has 11 heteroatoms. The first kappa shape index (κ1) is 20.2. The number of benzene rings is 1. The Balaban J connectivity index is 1.96. The maximum atomic E-state index is 12.8. The topological polar surface area (TPSA) is 105 Å². The van der Waals surface area contributed by atoms with Crippen LogP contribution >= 0.6 is 0 Å². The van der Waals surface area contributed by atoms with Gasteiger partial charge in [0.1, 0.15) is 0 Å². The molecule has 27 heavy (non-hydrogen) atoms. The molecule has 1 heterocycles. The monoisotopic (exact) mass is 387 g/mol. The van der Waals surface area contributed by atoms with Crippen LogP contribution in [-0.2, 0) is 30.1 Å². The number of carbonyl (C=O) groups is 4. The molecule has 8 nitrogen and oxygen atoms in total. The molecule has 1 aliphatic rings. The fraction of sp³-hybridized carbons (Fsp3) is 0.375. The van der Waals surface area contributed by atoms with E-state index in [-0.39, 0.29) is 18.7 Å². The average Bonchev–Trinajstić information content (AvgIpc) is 2.99. The van der Waals surface area contributed by atoms with Gasteiger partial charge in [0.05, 0.1) is 11.5 Å². The maximum absolute atomic E-state index is 12.8. The zero-order chi connectivity index (χ0) is 20.2. The van der Waals surface area contributed by atoms with Crippen LogP contribution in [0.25, 0.3) is 0 Å². The summed E-state index contributed by atoms with van der Waals surface area (Å²) in [5.41, 5.74) is 3.11. The van der Waals surface area contributed by atoms with Crippen LogP contribution in [0.5, 0.6) is 0 Å². The highest BCUT2D eigenvalue weighted by Crippen LogP contribution is 2.33. The van der Waals surface area contributed by atoms with Gasteiger partial charge in [0.2, 0.25) is 11.8 Å². The summed E-state index contributed by atoms with van der Waals surface area (Å²) in [6, 6.07) is 4.21. The first-order chi connectivity index (χ1) is 12.6. The summed E-state index contributed by atoms with van der Waals surface area (Å²) in [4.78, 5) is 47.1. The van der Waals surface area contributed by atoms with Crippen molar-refractivity contribution in [1.82, 2.24) is 10.9 Å². The van der Waals surface area contributed by atoms with E-state index < -0.39 is 48.0 Å². The molecule has 0 unspecified atom stereocenters. The third-order valence-electron chi connectivity index (χ3n) is 3.67. The van der Waals surface area contributed by atoms with E-state index in [4.69, 9.17) is 4.74 Å². The van der Waals surface area contributed by atoms with E-state index in [9.17, 15) is 32.3 Å². The summed E-state index contributed by atoms with van der Waals surface area (Å²) in [6.45, 7) is 0.332. The van der Waals surface area contributed by atoms with Crippen molar-refractivity contribution in [2.24, 2.45) is 5.92 Å². The van der Waals surface area contributed by atoms with E-state index in [0.717, 1.165) is 17.0 Å². The second kappa shape index (κ2) is 8.06. The number of hydrazine groups is 1. The van der Waals surface area contributed by atoms with Crippen molar-refractivity contribution in [3.05, 3.63) is 29.8 Å². The van der Waals surface area contributed by atoms with Gasteiger partial charge >= 0.3 is 12.1 Å². The molecule has 1 aromatic carbocycles. The number of amides is 3. The molecule has 2 rings (SSSR count). The molecule has 2 N–H and O–H groups in total. The number of rotatable bonds is 4. The zero-order valence-electron chi connectivity index (χ0n) is 14.1. The molecule has 0 aromatic heterocycles. The number of esters is 1. The Morgan fingerprint density at radius 2 is 1.96 bits per heavy atom. The van der Waals surface area contributed by atoms with Crippen LogP contribution in [0.1, 0.15) is 18.9 Å². The van der Waals surface area contributed by atoms with Crippen molar-refractivity contribution in [2.45, 2.75) is 19.5 Å². The molecule has 0 aliphatic carbocycles. The highest BCUT2D eigenvalue weighted by molar-refractivity contribution is 5.99. The van der Waals surface area contributed by atoms with Crippen molar-refractivity contribution >= 4 is 29.4 Å². The lowest BCUT2D eigenvalue weighted by atomic mass is 10.1. The van der Waals surface area contributed by atoms with E-state index >= 15 is 0 Å². The van der Waals surface area contributed by atoms with Crippen LogP contribution in [0.2, 0.25) is 0 Å². The van der Waals surface area contributed by atoms with Gasteiger partial charge in [-0.1, -0.05) is 6.07 Å². The van der Waals surface area contributed by atoms with Gasteiger partial charge < -0.3 is 9.64 Å². The van der Waals surface area contributed by atoms with Gasteiger partial charge in [-0.2, -0.15) is 13.2 Å². The lowest BCUT2D eigenvalue weighted by molar-refractivity contribution is -0.152. The predicted molar refractivity (Wildman–Crippen MR) is 84.8 cm³/mol. The predicted octanol–water partition coefficient (Wildman–Crippen LogP) is 0.769. The summed E-state index contributed by atoms with van der Waals surface area (Å²) >= 11 is 0.